The summed E-state index contributed by atoms with van der Waals surface area (Å²) >= 11 is 12.0. The van der Waals surface area contributed by atoms with E-state index in [0.29, 0.717) is 58.7 Å². The van der Waals surface area contributed by atoms with Gasteiger partial charge in [-0.3, -0.25) is 4.79 Å². The predicted molar refractivity (Wildman–Crippen MR) is 211 cm³/mol. The lowest BCUT2D eigenvalue weighted by molar-refractivity contribution is -0.206. The van der Waals surface area contributed by atoms with E-state index in [1.807, 2.05) is 52.9 Å². The van der Waals surface area contributed by atoms with Crippen molar-refractivity contribution in [2.75, 3.05) is 42.7 Å². The number of carbonyl (C=O) groups is 1. The first-order valence-corrected chi connectivity index (χ1v) is 18.7. The minimum atomic E-state index is -4.75. The molecule has 0 bridgehead atoms. The van der Waals surface area contributed by atoms with Crippen LogP contribution in [0.4, 0.5) is 35.9 Å². The van der Waals surface area contributed by atoms with Crippen LogP contribution >= 0.6 is 23.2 Å². The number of aromatic nitrogens is 6. The Balaban J connectivity index is 0.000000174. The fourth-order valence-electron chi connectivity index (χ4n) is 6.96. The number of carbonyl (C=O) groups excluding carboxylic acids is 1. The Hall–Kier alpha value is -5.32. The Morgan fingerprint density at radius 1 is 0.754 bits per heavy atom. The average molecular weight is 822 g/mol. The van der Waals surface area contributed by atoms with Crippen molar-refractivity contribution in [3.8, 4) is 22.5 Å². The second kappa shape index (κ2) is 16.6. The number of aliphatic hydroxyl groups excluding tert-OH is 2. The zero-order valence-corrected chi connectivity index (χ0v) is 32.3. The second-order valence-electron chi connectivity index (χ2n) is 13.4. The molecular formula is C40H37Cl2F3N8O4. The predicted octanol–water partition coefficient (Wildman–Crippen LogP) is 7.90. The van der Waals surface area contributed by atoms with Gasteiger partial charge in [0.1, 0.15) is 6.61 Å². The van der Waals surface area contributed by atoms with Crippen molar-refractivity contribution in [2.45, 2.75) is 39.2 Å². The van der Waals surface area contributed by atoms with E-state index >= 15 is 0 Å². The van der Waals surface area contributed by atoms with Crippen LogP contribution in [0.25, 0.3) is 22.5 Å². The molecule has 4 heterocycles. The third-order valence-electron chi connectivity index (χ3n) is 9.68. The summed E-state index contributed by atoms with van der Waals surface area (Å²) in [5, 5.41) is 36.6. The van der Waals surface area contributed by atoms with Crippen LogP contribution in [0.2, 0.25) is 10.0 Å². The Morgan fingerprint density at radius 3 is 1.74 bits per heavy atom. The second-order valence-corrected chi connectivity index (χ2v) is 14.3. The van der Waals surface area contributed by atoms with Crippen LogP contribution in [-0.2, 0) is 17.8 Å². The summed E-state index contributed by atoms with van der Waals surface area (Å²) in [6.07, 6.45) is -7.30. The number of ether oxygens (including phenoxy) is 1. The number of ketones is 1. The number of nitrogens with zero attached hydrogens (tertiary/aromatic N) is 8. The molecule has 4 aromatic carbocycles. The number of halogens is 5. The number of hydrogen-bond donors (Lipinski definition) is 2. The molecule has 2 aliphatic rings. The standard InChI is InChI=1S/C21H21ClN4O3.C19H16ClF3N4O/c1-14-21-18-7-2-15(20(28)13-29-11-10-27)12-19(18)25(8-9-26(21)24-23-14)17-5-3-16(22)4-6-17;1-11-17-15-7-2-12(18(28)19(21,22)23)10-16(15)26(8-9-27(17)25-24-11)14-5-3-13(20)4-6-14/h2-7,12,27H,8-11,13H2,1H3;2-7,10,18,28H,8-9H2,1H3. The molecule has 8 rings (SSSR count). The van der Waals surface area contributed by atoms with E-state index in [9.17, 15) is 23.1 Å². The van der Waals surface area contributed by atoms with Crippen LogP contribution in [0, 0.1) is 13.8 Å². The number of rotatable bonds is 8. The molecule has 17 heteroatoms. The van der Waals surface area contributed by atoms with E-state index < -0.39 is 12.3 Å². The van der Waals surface area contributed by atoms with E-state index in [0.717, 1.165) is 39.7 Å². The summed E-state index contributed by atoms with van der Waals surface area (Å²) < 4.78 is 48.0. The molecular weight excluding hydrogens is 784 g/mol. The van der Waals surface area contributed by atoms with Gasteiger partial charge in [-0.05, 0) is 86.1 Å². The Morgan fingerprint density at radius 2 is 1.25 bits per heavy atom. The van der Waals surface area contributed by atoms with Gasteiger partial charge in [0, 0.05) is 51.2 Å². The zero-order chi connectivity index (χ0) is 40.4. The van der Waals surface area contributed by atoms with E-state index in [2.05, 4.69) is 25.5 Å². The fraction of sp³-hybridized carbons (Fsp3) is 0.275. The van der Waals surface area contributed by atoms with Gasteiger partial charge < -0.3 is 24.7 Å². The number of fused-ring (bicyclic) bond motifs is 6. The SMILES string of the molecule is Cc1nnn2c1-c1ccc(C(=O)COCCO)cc1N(c1ccc(Cl)cc1)CC2.Cc1nnn2c1-c1ccc(C(O)C(F)(F)F)cc1N(c1ccc(Cl)cc1)CC2. The van der Waals surface area contributed by atoms with Crippen LogP contribution in [-0.4, -0.2) is 85.1 Å². The van der Waals surface area contributed by atoms with Gasteiger partial charge in [0.05, 0.1) is 60.5 Å². The number of benzene rings is 4. The van der Waals surface area contributed by atoms with Gasteiger partial charge in [-0.2, -0.15) is 13.2 Å². The van der Waals surface area contributed by atoms with Gasteiger partial charge in [-0.1, -0.05) is 51.8 Å². The first-order chi connectivity index (χ1) is 27.3. The molecule has 1 atom stereocenters. The van der Waals surface area contributed by atoms with Crippen LogP contribution in [0.3, 0.4) is 0 Å². The number of aryl methyl sites for hydroxylation is 2. The van der Waals surface area contributed by atoms with Gasteiger partial charge >= 0.3 is 6.18 Å². The van der Waals surface area contributed by atoms with Crippen molar-refractivity contribution >= 4 is 51.7 Å². The van der Waals surface area contributed by atoms with Crippen LogP contribution in [0.15, 0.2) is 84.9 Å². The van der Waals surface area contributed by atoms with Crippen molar-refractivity contribution in [2.24, 2.45) is 0 Å². The first-order valence-electron chi connectivity index (χ1n) is 18.0. The molecule has 12 nitrogen and oxygen atoms in total. The highest BCUT2D eigenvalue weighted by Gasteiger charge is 2.40. The topological polar surface area (TPSA) is 135 Å². The van der Waals surface area contributed by atoms with Crippen molar-refractivity contribution in [1.29, 1.82) is 0 Å². The molecule has 296 valence electrons. The lowest BCUT2D eigenvalue weighted by atomic mass is 10.0. The Labute approximate surface area is 335 Å². The van der Waals surface area contributed by atoms with Crippen molar-refractivity contribution < 1.29 is 32.9 Å². The van der Waals surface area contributed by atoms with Crippen LogP contribution < -0.4 is 9.80 Å². The Bertz CT molecular complexity index is 2390. The molecule has 57 heavy (non-hydrogen) atoms. The molecule has 0 spiro atoms. The van der Waals surface area contributed by atoms with E-state index in [4.69, 9.17) is 33.0 Å². The van der Waals surface area contributed by atoms with Gasteiger partial charge in [0.2, 0.25) is 0 Å². The highest BCUT2D eigenvalue weighted by Crippen LogP contribution is 2.43. The molecule has 6 aromatic rings. The van der Waals surface area contributed by atoms with Gasteiger partial charge in [-0.25, -0.2) is 9.36 Å². The number of anilines is 4. The molecule has 0 radical (unpaired) electrons. The minimum absolute atomic E-state index is 0.0706. The van der Waals surface area contributed by atoms with E-state index in [1.165, 1.54) is 12.1 Å². The molecule has 0 amide bonds. The average Bonchev–Trinajstić information content (AvgIpc) is 3.64. The highest BCUT2D eigenvalue weighted by atomic mass is 35.5. The molecule has 0 fully saturated rings. The van der Waals surface area contributed by atoms with Crippen molar-refractivity contribution in [3.63, 3.8) is 0 Å². The first kappa shape index (κ1) is 39.9. The van der Waals surface area contributed by atoms with Crippen LogP contribution in [0.5, 0.6) is 0 Å². The summed E-state index contributed by atoms with van der Waals surface area (Å²) in [5.41, 5.74) is 8.44. The number of Topliss-reactive ketones (excluding diaryl/α,β-unsaturated/α-hetero) is 1. The fourth-order valence-corrected chi connectivity index (χ4v) is 7.21. The molecule has 0 saturated heterocycles. The van der Waals surface area contributed by atoms with Crippen LogP contribution in [0.1, 0.15) is 33.4 Å². The summed E-state index contributed by atoms with van der Waals surface area (Å²) in [6.45, 7) is 6.00. The van der Waals surface area contributed by atoms with E-state index in [-0.39, 0.29) is 31.2 Å². The lowest BCUT2D eigenvalue weighted by Gasteiger charge is -2.26. The third-order valence-corrected chi connectivity index (χ3v) is 10.2. The lowest BCUT2D eigenvalue weighted by Crippen LogP contribution is -2.23. The largest absolute Gasteiger partial charge is 0.418 e. The van der Waals surface area contributed by atoms with Gasteiger partial charge in [0.15, 0.2) is 11.9 Å². The molecule has 0 saturated carbocycles. The summed E-state index contributed by atoms with van der Waals surface area (Å²) in [7, 11) is 0. The maximum absolute atomic E-state index is 13.1. The van der Waals surface area contributed by atoms with Gasteiger partial charge in [0.25, 0.3) is 0 Å². The Kier molecular flexibility index (Phi) is 11.7. The summed E-state index contributed by atoms with van der Waals surface area (Å²) in [4.78, 5) is 16.6. The molecule has 2 aliphatic heterocycles. The molecule has 0 aliphatic carbocycles. The zero-order valence-electron chi connectivity index (χ0n) is 30.8. The van der Waals surface area contributed by atoms with Gasteiger partial charge in [-0.15, -0.1) is 10.2 Å². The monoisotopic (exact) mass is 820 g/mol. The normalized spacial score (nSPS) is 14.0. The third kappa shape index (κ3) is 8.38. The summed E-state index contributed by atoms with van der Waals surface area (Å²) in [5.74, 6) is -0.134. The molecule has 1 unspecified atom stereocenters. The van der Waals surface area contributed by atoms with E-state index in [1.54, 1.807) is 48.0 Å². The summed E-state index contributed by atoms with van der Waals surface area (Å²) in [6, 6.07) is 24.6. The maximum atomic E-state index is 13.1. The van der Waals surface area contributed by atoms with Crippen molar-refractivity contribution in [3.05, 3.63) is 117 Å². The molecule has 2 aromatic heterocycles. The maximum Gasteiger partial charge on any atom is 0.418 e. The number of alkyl halides is 3. The smallest absolute Gasteiger partial charge is 0.394 e. The number of hydrogen-bond acceptors (Lipinski definition) is 10. The number of aliphatic hydroxyl groups is 2. The van der Waals surface area contributed by atoms with Crippen molar-refractivity contribution in [1.82, 2.24) is 30.0 Å². The minimum Gasteiger partial charge on any atom is -0.394 e. The highest BCUT2D eigenvalue weighted by molar-refractivity contribution is 6.31. The quantitative estimate of drug-likeness (QED) is 0.115. The molecule has 2 N–H and O–H groups in total.